The van der Waals surface area contributed by atoms with Crippen LogP contribution in [0.5, 0.6) is 0 Å². The van der Waals surface area contributed by atoms with Gasteiger partial charge in [0.05, 0.1) is 28.6 Å². The van der Waals surface area contributed by atoms with Gasteiger partial charge in [0.2, 0.25) is 0 Å². The highest BCUT2D eigenvalue weighted by atomic mass is 35.5. The van der Waals surface area contributed by atoms with Crippen LogP contribution in [0.1, 0.15) is 22.3 Å². The van der Waals surface area contributed by atoms with Crippen molar-refractivity contribution in [3.05, 3.63) is 76.5 Å². The third-order valence-electron chi connectivity index (χ3n) is 4.11. The largest absolute Gasteiger partial charge is 0.462 e. The Labute approximate surface area is 184 Å². The molecule has 2 aromatic carbocycles. The molecule has 0 bridgehead atoms. The van der Waals surface area contributed by atoms with Crippen LogP contribution in [-0.4, -0.2) is 50.0 Å². The zero-order valence-electron chi connectivity index (χ0n) is 17.1. The summed E-state index contributed by atoms with van der Waals surface area (Å²) in [5.41, 5.74) is 4.74. The number of alkyl halides is 3. The Morgan fingerprint density at radius 2 is 1.74 bits per heavy atom. The molecule has 0 unspecified atom stereocenters. The number of allylic oxidation sites excluding steroid dienone is 2. The van der Waals surface area contributed by atoms with E-state index in [0.29, 0.717) is 12.0 Å². The zero-order chi connectivity index (χ0) is 23.0. The predicted octanol–water partition coefficient (Wildman–Crippen LogP) is 4.97. The first-order valence-corrected chi connectivity index (χ1v) is 9.75. The van der Waals surface area contributed by atoms with Gasteiger partial charge in [-0.2, -0.15) is 13.2 Å². The maximum Gasteiger partial charge on any atom is 0.430 e. The minimum Gasteiger partial charge on any atom is -0.462 e. The number of nitrogens with two attached hydrogens (primary N) is 1. The summed E-state index contributed by atoms with van der Waals surface area (Å²) in [4.78, 5) is 18.4. The Morgan fingerprint density at radius 3 is 2.32 bits per heavy atom. The van der Waals surface area contributed by atoms with E-state index < -0.39 is 17.8 Å². The van der Waals surface area contributed by atoms with Crippen molar-refractivity contribution in [2.75, 3.05) is 27.2 Å². The Hall–Kier alpha value is -2.84. The number of para-hydroxylation sites is 1. The van der Waals surface area contributed by atoms with Gasteiger partial charge in [0.25, 0.3) is 0 Å². The molecule has 5 nitrogen and oxygen atoms in total. The van der Waals surface area contributed by atoms with Crippen LogP contribution < -0.4 is 5.73 Å². The number of halogens is 4. The van der Waals surface area contributed by atoms with E-state index in [1.807, 2.05) is 19.0 Å². The summed E-state index contributed by atoms with van der Waals surface area (Å²) in [7, 11) is 3.84. The van der Waals surface area contributed by atoms with Crippen molar-refractivity contribution in [3.63, 3.8) is 0 Å². The fourth-order valence-corrected chi connectivity index (χ4v) is 2.67. The lowest BCUT2D eigenvalue weighted by Gasteiger charge is -2.11. The van der Waals surface area contributed by atoms with Crippen LogP contribution in [0.15, 0.2) is 65.3 Å². The van der Waals surface area contributed by atoms with Crippen LogP contribution in [0.3, 0.4) is 0 Å². The second-order valence-electron chi connectivity index (χ2n) is 6.92. The van der Waals surface area contributed by atoms with Crippen molar-refractivity contribution < 1.29 is 22.7 Å². The van der Waals surface area contributed by atoms with E-state index >= 15 is 0 Å². The highest BCUT2D eigenvalue weighted by molar-refractivity contribution is 6.33. The lowest BCUT2D eigenvalue weighted by molar-refractivity contribution is -0.0925. The number of nitrogens with zero attached hydrogens (tertiary/aromatic N) is 2. The minimum atomic E-state index is -4.71. The van der Waals surface area contributed by atoms with E-state index in [-0.39, 0.29) is 28.6 Å². The van der Waals surface area contributed by atoms with Crippen molar-refractivity contribution >= 4 is 29.0 Å². The average molecular weight is 454 g/mol. The normalized spacial score (nSPS) is 12.9. The fraction of sp³-hybridized carbons (Fsp3) is 0.273. The monoisotopic (exact) mass is 453 g/mol. The first-order chi connectivity index (χ1) is 14.6. The van der Waals surface area contributed by atoms with Gasteiger partial charge >= 0.3 is 12.1 Å². The molecule has 0 saturated carbocycles. The molecule has 31 heavy (non-hydrogen) atoms. The van der Waals surface area contributed by atoms with E-state index in [9.17, 15) is 18.0 Å². The fourth-order valence-electron chi connectivity index (χ4n) is 2.49. The number of aliphatic imine (C=N–C) groups is 1. The average Bonchev–Trinajstić information content (AvgIpc) is 2.71. The summed E-state index contributed by atoms with van der Waals surface area (Å²) in [5.74, 6) is -0.514. The molecular weight excluding hydrogens is 431 g/mol. The number of carbonyl (C=O) groups excluding carboxylic acids is 1. The maximum absolute atomic E-state index is 13.0. The molecule has 0 aliphatic carbocycles. The zero-order valence-corrected chi connectivity index (χ0v) is 17.9. The molecule has 0 fully saturated rings. The summed E-state index contributed by atoms with van der Waals surface area (Å²) in [6.45, 7) is 1.05. The number of hydrogen-bond donors (Lipinski definition) is 1. The van der Waals surface area contributed by atoms with Gasteiger partial charge in [0, 0.05) is 12.1 Å². The molecule has 0 heterocycles. The van der Waals surface area contributed by atoms with Crippen molar-refractivity contribution in [2.45, 2.75) is 12.6 Å². The Bertz CT molecular complexity index is 955. The second-order valence-corrected chi connectivity index (χ2v) is 7.32. The molecule has 0 aliphatic rings. The van der Waals surface area contributed by atoms with Crippen LogP contribution in [0.2, 0.25) is 5.02 Å². The quantitative estimate of drug-likeness (QED) is 0.348. The van der Waals surface area contributed by atoms with Crippen molar-refractivity contribution in [1.29, 1.82) is 0 Å². The van der Waals surface area contributed by atoms with Gasteiger partial charge in [0.1, 0.15) is 5.70 Å². The van der Waals surface area contributed by atoms with E-state index in [4.69, 9.17) is 22.1 Å². The third-order valence-corrected chi connectivity index (χ3v) is 4.43. The van der Waals surface area contributed by atoms with Gasteiger partial charge in [-0.15, -0.1) is 0 Å². The number of carbonyl (C=O) groups is 1. The SMILES string of the molecule is CN(C)CCCOC(=O)c1ccc(C(C=C(N)C(F)(F)F)=Nc2ccccc2Cl)cc1. The van der Waals surface area contributed by atoms with E-state index in [2.05, 4.69) is 4.99 Å². The molecule has 2 aromatic rings. The van der Waals surface area contributed by atoms with Gasteiger partial charge in [0.15, 0.2) is 0 Å². The number of ether oxygens (including phenoxy) is 1. The highest BCUT2D eigenvalue weighted by Gasteiger charge is 2.31. The van der Waals surface area contributed by atoms with E-state index in [0.717, 1.165) is 12.6 Å². The first-order valence-electron chi connectivity index (χ1n) is 9.38. The number of benzene rings is 2. The second kappa shape index (κ2) is 11.0. The lowest BCUT2D eigenvalue weighted by Crippen LogP contribution is -2.21. The van der Waals surface area contributed by atoms with E-state index in [1.54, 1.807) is 24.3 Å². The maximum atomic E-state index is 13.0. The van der Waals surface area contributed by atoms with Gasteiger partial charge < -0.3 is 15.4 Å². The summed E-state index contributed by atoms with van der Waals surface area (Å²) >= 11 is 6.08. The summed E-state index contributed by atoms with van der Waals surface area (Å²) in [6, 6.07) is 12.4. The topological polar surface area (TPSA) is 67.9 Å². The minimum absolute atomic E-state index is 0.0474. The molecule has 2 rings (SSSR count). The molecule has 0 atom stereocenters. The van der Waals surface area contributed by atoms with Crippen molar-refractivity contribution in [1.82, 2.24) is 4.90 Å². The first kappa shape index (κ1) is 24.4. The van der Waals surface area contributed by atoms with E-state index in [1.165, 1.54) is 24.3 Å². The van der Waals surface area contributed by atoms with Crippen molar-refractivity contribution in [3.8, 4) is 0 Å². The van der Waals surface area contributed by atoms with Crippen LogP contribution in [0.4, 0.5) is 18.9 Å². The summed E-state index contributed by atoms with van der Waals surface area (Å²) in [5, 5.41) is 0.275. The molecule has 2 N–H and O–H groups in total. The molecule has 0 radical (unpaired) electrons. The number of rotatable bonds is 8. The Kier molecular flexibility index (Phi) is 8.65. The molecular formula is C22H23ClF3N3O2. The van der Waals surface area contributed by atoms with Crippen molar-refractivity contribution in [2.24, 2.45) is 10.7 Å². The molecule has 9 heteroatoms. The molecule has 0 saturated heterocycles. The summed E-state index contributed by atoms with van der Waals surface area (Å²) < 4.78 is 44.1. The van der Waals surface area contributed by atoms with Gasteiger partial charge in [-0.3, -0.25) is 0 Å². The predicted molar refractivity (Wildman–Crippen MR) is 116 cm³/mol. The van der Waals surface area contributed by atoms with Gasteiger partial charge in [-0.1, -0.05) is 35.9 Å². The third kappa shape index (κ3) is 7.73. The molecule has 0 aliphatic heterocycles. The molecule has 0 spiro atoms. The molecule has 0 amide bonds. The number of esters is 1. The molecule has 0 aromatic heterocycles. The van der Waals surface area contributed by atoms with Crippen LogP contribution >= 0.6 is 11.6 Å². The Morgan fingerprint density at radius 1 is 1.13 bits per heavy atom. The van der Waals surface area contributed by atoms with Crippen LogP contribution in [0.25, 0.3) is 0 Å². The number of hydrogen-bond acceptors (Lipinski definition) is 5. The lowest BCUT2D eigenvalue weighted by atomic mass is 10.1. The summed E-state index contributed by atoms with van der Waals surface area (Å²) in [6.07, 6.45) is -3.29. The molecule has 166 valence electrons. The van der Waals surface area contributed by atoms with Crippen LogP contribution in [0, 0.1) is 0 Å². The smallest absolute Gasteiger partial charge is 0.430 e. The standard InChI is InChI=1S/C22H23ClF3N3O2/c1-29(2)12-5-13-31-21(30)16-10-8-15(9-11-16)19(14-20(27)22(24,25)26)28-18-7-4-3-6-17(18)23/h3-4,6-11,14H,5,12-13,27H2,1-2H3. The van der Waals surface area contributed by atoms with Gasteiger partial charge in [-0.25, -0.2) is 9.79 Å². The Balaban J connectivity index is 2.29. The van der Waals surface area contributed by atoms with Crippen LogP contribution in [-0.2, 0) is 4.74 Å². The highest BCUT2D eigenvalue weighted by Crippen LogP contribution is 2.27. The van der Waals surface area contributed by atoms with Gasteiger partial charge in [-0.05, 0) is 50.9 Å².